The van der Waals surface area contributed by atoms with Crippen molar-refractivity contribution >= 4 is 16.8 Å². The number of pyridine rings is 1. The van der Waals surface area contributed by atoms with E-state index in [0.717, 1.165) is 22.9 Å². The highest BCUT2D eigenvalue weighted by Gasteiger charge is 2.28. The highest BCUT2D eigenvalue weighted by Crippen LogP contribution is 2.29. The van der Waals surface area contributed by atoms with Crippen LogP contribution in [-0.2, 0) is 11.2 Å². The topological polar surface area (TPSA) is 42.0 Å². The molecule has 0 spiro atoms. The third-order valence-corrected chi connectivity index (χ3v) is 5.12. The maximum atomic E-state index is 12.4. The van der Waals surface area contributed by atoms with Crippen molar-refractivity contribution in [2.45, 2.75) is 45.6 Å². The molecule has 3 nitrogen and oxygen atoms in total. The molecule has 1 heterocycles. The first-order valence-electron chi connectivity index (χ1n) is 8.27. The van der Waals surface area contributed by atoms with Gasteiger partial charge in [0.15, 0.2) is 0 Å². The fourth-order valence-electron chi connectivity index (χ4n) is 3.53. The average molecular weight is 296 g/mol. The van der Waals surface area contributed by atoms with Crippen molar-refractivity contribution in [2.75, 3.05) is 0 Å². The zero-order valence-electron chi connectivity index (χ0n) is 13.4. The molecule has 3 heteroatoms. The van der Waals surface area contributed by atoms with Gasteiger partial charge in [0.25, 0.3) is 0 Å². The molecular formula is C19H24N2O. The molecule has 3 rings (SSSR count). The fourth-order valence-corrected chi connectivity index (χ4v) is 3.53. The van der Waals surface area contributed by atoms with Crippen molar-refractivity contribution in [2.24, 2.45) is 11.8 Å². The number of aromatic nitrogens is 1. The first-order chi connectivity index (χ1) is 10.6. The van der Waals surface area contributed by atoms with Gasteiger partial charge in [0, 0.05) is 17.6 Å². The van der Waals surface area contributed by atoms with Crippen LogP contribution in [0.15, 0.2) is 36.5 Å². The lowest BCUT2D eigenvalue weighted by Crippen LogP contribution is -2.44. The molecule has 1 saturated carbocycles. The summed E-state index contributed by atoms with van der Waals surface area (Å²) in [5, 5.41) is 4.34. The van der Waals surface area contributed by atoms with Crippen LogP contribution in [0.3, 0.4) is 0 Å². The number of amides is 1. The van der Waals surface area contributed by atoms with E-state index in [-0.39, 0.29) is 5.91 Å². The van der Waals surface area contributed by atoms with Crippen molar-refractivity contribution in [1.82, 2.24) is 10.3 Å². The van der Waals surface area contributed by atoms with Gasteiger partial charge in [-0.15, -0.1) is 0 Å². The SMILES string of the molecule is C[C@@H]1[C@H](C)CCC[C@H]1NC(=O)Cc1cccc2cccnc12. The Morgan fingerprint density at radius 1 is 1.23 bits per heavy atom. The summed E-state index contributed by atoms with van der Waals surface area (Å²) in [6.07, 6.45) is 5.79. The molecule has 1 fully saturated rings. The fraction of sp³-hybridized carbons (Fsp3) is 0.474. The van der Waals surface area contributed by atoms with Crippen molar-refractivity contribution < 1.29 is 4.79 Å². The van der Waals surface area contributed by atoms with Crippen LogP contribution in [-0.4, -0.2) is 16.9 Å². The zero-order valence-corrected chi connectivity index (χ0v) is 13.4. The predicted molar refractivity (Wildman–Crippen MR) is 89.6 cm³/mol. The highest BCUT2D eigenvalue weighted by atomic mass is 16.1. The normalized spacial score (nSPS) is 25.1. The van der Waals surface area contributed by atoms with E-state index in [2.05, 4.69) is 24.1 Å². The van der Waals surface area contributed by atoms with Gasteiger partial charge in [0.1, 0.15) is 0 Å². The Hall–Kier alpha value is -1.90. The second-order valence-electron chi connectivity index (χ2n) is 6.61. The third kappa shape index (κ3) is 3.13. The number of nitrogens with zero attached hydrogens (tertiary/aromatic N) is 1. The summed E-state index contributed by atoms with van der Waals surface area (Å²) in [5.74, 6) is 1.37. The number of para-hydroxylation sites is 1. The standard InChI is InChI=1S/C19H24N2O/c1-13-6-3-10-17(14(13)2)21-18(22)12-16-8-4-7-15-9-5-11-20-19(15)16/h4-5,7-9,11,13-14,17H,3,6,10,12H2,1-2H3,(H,21,22)/t13-,14-,17-/m1/s1. The van der Waals surface area contributed by atoms with E-state index in [0.29, 0.717) is 24.3 Å². The van der Waals surface area contributed by atoms with E-state index in [9.17, 15) is 4.79 Å². The molecule has 22 heavy (non-hydrogen) atoms. The summed E-state index contributed by atoms with van der Waals surface area (Å²) in [4.78, 5) is 16.9. The van der Waals surface area contributed by atoms with Crippen molar-refractivity contribution in [3.8, 4) is 0 Å². The number of nitrogens with one attached hydrogen (secondary N) is 1. The molecule has 2 aromatic rings. The molecule has 1 aliphatic carbocycles. The van der Waals surface area contributed by atoms with Gasteiger partial charge < -0.3 is 5.32 Å². The lowest BCUT2D eigenvalue weighted by atomic mass is 9.78. The molecule has 0 radical (unpaired) electrons. The molecule has 1 aromatic carbocycles. The van der Waals surface area contributed by atoms with E-state index in [4.69, 9.17) is 0 Å². The number of carbonyl (C=O) groups is 1. The smallest absolute Gasteiger partial charge is 0.224 e. The first-order valence-corrected chi connectivity index (χ1v) is 8.27. The molecule has 1 aromatic heterocycles. The number of carbonyl (C=O) groups excluding carboxylic acids is 1. The largest absolute Gasteiger partial charge is 0.353 e. The zero-order chi connectivity index (χ0) is 15.5. The van der Waals surface area contributed by atoms with E-state index < -0.39 is 0 Å². The monoisotopic (exact) mass is 296 g/mol. The second-order valence-corrected chi connectivity index (χ2v) is 6.61. The summed E-state index contributed by atoms with van der Waals surface area (Å²) in [5.41, 5.74) is 1.94. The maximum absolute atomic E-state index is 12.4. The van der Waals surface area contributed by atoms with Gasteiger partial charge in [-0.05, 0) is 29.9 Å². The van der Waals surface area contributed by atoms with Crippen LogP contribution in [0.1, 0.15) is 38.7 Å². The molecule has 1 aliphatic rings. The van der Waals surface area contributed by atoms with E-state index in [1.165, 1.54) is 12.8 Å². The molecule has 116 valence electrons. The lowest BCUT2D eigenvalue weighted by Gasteiger charge is -2.34. The number of hydrogen-bond acceptors (Lipinski definition) is 2. The molecule has 3 atom stereocenters. The minimum Gasteiger partial charge on any atom is -0.353 e. The Bertz CT molecular complexity index is 662. The minimum absolute atomic E-state index is 0.115. The first kappa shape index (κ1) is 15.0. The van der Waals surface area contributed by atoms with Crippen LogP contribution in [0.5, 0.6) is 0 Å². The molecule has 1 N–H and O–H groups in total. The van der Waals surface area contributed by atoms with Crippen LogP contribution in [0.25, 0.3) is 10.9 Å². The van der Waals surface area contributed by atoms with Gasteiger partial charge in [0.2, 0.25) is 5.91 Å². The molecule has 1 amide bonds. The Morgan fingerprint density at radius 2 is 2.05 bits per heavy atom. The third-order valence-electron chi connectivity index (χ3n) is 5.12. The van der Waals surface area contributed by atoms with E-state index >= 15 is 0 Å². The Balaban J connectivity index is 1.71. The molecule has 0 unspecified atom stereocenters. The second kappa shape index (κ2) is 6.47. The highest BCUT2D eigenvalue weighted by molar-refractivity contribution is 5.87. The lowest BCUT2D eigenvalue weighted by molar-refractivity contribution is -0.121. The predicted octanol–water partition coefficient (Wildman–Crippen LogP) is 3.72. The van der Waals surface area contributed by atoms with Gasteiger partial charge >= 0.3 is 0 Å². The van der Waals surface area contributed by atoms with Gasteiger partial charge in [-0.1, -0.05) is 51.0 Å². The Morgan fingerprint density at radius 3 is 2.91 bits per heavy atom. The number of rotatable bonds is 3. The molecular weight excluding hydrogens is 272 g/mol. The summed E-state index contributed by atoms with van der Waals surface area (Å²) < 4.78 is 0. The van der Waals surface area contributed by atoms with E-state index in [1.807, 2.05) is 30.3 Å². The number of fused-ring (bicyclic) bond motifs is 1. The van der Waals surface area contributed by atoms with Crippen LogP contribution < -0.4 is 5.32 Å². The molecule has 0 aliphatic heterocycles. The van der Waals surface area contributed by atoms with Gasteiger partial charge in [-0.2, -0.15) is 0 Å². The van der Waals surface area contributed by atoms with Crippen LogP contribution in [0.4, 0.5) is 0 Å². The van der Waals surface area contributed by atoms with Gasteiger partial charge in [0.05, 0.1) is 11.9 Å². The Labute approximate surface area is 132 Å². The summed E-state index contributed by atoms with van der Waals surface area (Å²) >= 11 is 0. The van der Waals surface area contributed by atoms with Gasteiger partial charge in [-0.25, -0.2) is 0 Å². The van der Waals surface area contributed by atoms with Crippen molar-refractivity contribution in [3.05, 3.63) is 42.1 Å². The van der Waals surface area contributed by atoms with Crippen LogP contribution >= 0.6 is 0 Å². The summed E-state index contributed by atoms with van der Waals surface area (Å²) in [6.45, 7) is 4.55. The quantitative estimate of drug-likeness (QED) is 0.938. The maximum Gasteiger partial charge on any atom is 0.224 e. The van der Waals surface area contributed by atoms with Crippen LogP contribution in [0, 0.1) is 11.8 Å². The Kier molecular flexibility index (Phi) is 4.41. The van der Waals surface area contributed by atoms with Gasteiger partial charge in [-0.3, -0.25) is 9.78 Å². The summed E-state index contributed by atoms with van der Waals surface area (Å²) in [7, 11) is 0. The summed E-state index contributed by atoms with van der Waals surface area (Å²) in [6, 6.07) is 10.3. The molecule has 0 saturated heterocycles. The van der Waals surface area contributed by atoms with Crippen molar-refractivity contribution in [3.63, 3.8) is 0 Å². The van der Waals surface area contributed by atoms with Crippen molar-refractivity contribution in [1.29, 1.82) is 0 Å². The average Bonchev–Trinajstić information content (AvgIpc) is 2.52. The number of benzene rings is 1. The van der Waals surface area contributed by atoms with E-state index in [1.54, 1.807) is 6.20 Å². The molecule has 0 bridgehead atoms. The van der Waals surface area contributed by atoms with Crippen LogP contribution in [0.2, 0.25) is 0 Å². The number of hydrogen-bond donors (Lipinski definition) is 1. The minimum atomic E-state index is 0.115.